The Labute approximate surface area is 100 Å². The van der Waals surface area contributed by atoms with E-state index in [1.165, 1.54) is 0 Å². The highest BCUT2D eigenvalue weighted by Gasteiger charge is 2.31. The minimum Gasteiger partial charge on any atom is -0.390 e. The summed E-state index contributed by atoms with van der Waals surface area (Å²) in [5.41, 5.74) is 0.384. The van der Waals surface area contributed by atoms with Gasteiger partial charge < -0.3 is 10.4 Å². The molecule has 0 aromatic carbocycles. The summed E-state index contributed by atoms with van der Waals surface area (Å²) in [6.07, 6.45) is 1.08. The quantitative estimate of drug-likeness (QED) is 0.766. The Balaban J connectivity index is 1.96. The lowest BCUT2D eigenvalue weighted by Crippen LogP contribution is -2.43. The molecular formula is C12H17N3O2. The molecule has 5 nitrogen and oxygen atoms in total. The molecule has 1 aliphatic rings. The number of nitrogens with one attached hydrogen (secondary N) is 1. The van der Waals surface area contributed by atoms with Gasteiger partial charge in [0.15, 0.2) is 0 Å². The number of nitrogens with zero attached hydrogens (tertiary/aromatic N) is 2. The largest absolute Gasteiger partial charge is 0.390 e. The van der Waals surface area contributed by atoms with Gasteiger partial charge in [-0.15, -0.1) is 0 Å². The van der Waals surface area contributed by atoms with Gasteiger partial charge in [-0.1, -0.05) is 13.0 Å². The molecule has 0 spiro atoms. The number of carbonyl (C=O) groups is 1. The minimum atomic E-state index is -0.498. The van der Waals surface area contributed by atoms with Crippen LogP contribution in [0, 0.1) is 0 Å². The number of likely N-dealkylation sites (N-methyl/N-ethyl adjacent to an activating group) is 1. The van der Waals surface area contributed by atoms with Crippen molar-refractivity contribution in [3.05, 3.63) is 30.1 Å². The van der Waals surface area contributed by atoms with Gasteiger partial charge in [0.25, 0.3) is 5.91 Å². The van der Waals surface area contributed by atoms with Crippen LogP contribution in [0.5, 0.6) is 0 Å². The third-order valence-corrected chi connectivity index (χ3v) is 3.03. The molecule has 1 fully saturated rings. The van der Waals surface area contributed by atoms with Crippen molar-refractivity contribution in [1.29, 1.82) is 0 Å². The van der Waals surface area contributed by atoms with Gasteiger partial charge in [0.2, 0.25) is 0 Å². The van der Waals surface area contributed by atoms with Crippen LogP contribution >= 0.6 is 0 Å². The zero-order chi connectivity index (χ0) is 12.3. The van der Waals surface area contributed by atoms with E-state index in [9.17, 15) is 9.90 Å². The number of likely N-dealkylation sites (tertiary alicyclic amines) is 1. The van der Waals surface area contributed by atoms with E-state index in [4.69, 9.17) is 0 Å². The first-order valence-corrected chi connectivity index (χ1v) is 5.83. The van der Waals surface area contributed by atoms with Crippen molar-refractivity contribution in [2.75, 3.05) is 19.6 Å². The van der Waals surface area contributed by atoms with Crippen molar-refractivity contribution < 1.29 is 9.90 Å². The Hall–Kier alpha value is -1.46. The van der Waals surface area contributed by atoms with Gasteiger partial charge in [-0.05, 0) is 18.7 Å². The zero-order valence-corrected chi connectivity index (χ0v) is 9.84. The number of hydrogen-bond donors (Lipinski definition) is 2. The molecule has 1 aromatic heterocycles. The molecule has 92 valence electrons. The van der Waals surface area contributed by atoms with Crippen LogP contribution in [0.2, 0.25) is 0 Å². The molecule has 2 unspecified atom stereocenters. The highest BCUT2D eigenvalue weighted by molar-refractivity contribution is 5.92. The summed E-state index contributed by atoms with van der Waals surface area (Å²) >= 11 is 0. The molecule has 2 N–H and O–H groups in total. The van der Waals surface area contributed by atoms with Gasteiger partial charge in [0, 0.05) is 19.3 Å². The highest BCUT2D eigenvalue weighted by atomic mass is 16.3. The number of β-amino-alcohol motifs (C(OH)–C–C–N with tert-alkyl or cyclic N) is 1. The van der Waals surface area contributed by atoms with Gasteiger partial charge in [-0.25, -0.2) is 0 Å². The smallest absolute Gasteiger partial charge is 0.270 e. The number of carbonyl (C=O) groups excluding carboxylic acids is 1. The molecule has 2 atom stereocenters. The maximum atomic E-state index is 11.8. The SMILES string of the molecule is CCN1CC(O)C(NC(=O)c2ccccn2)C1. The molecule has 2 heterocycles. The fourth-order valence-corrected chi connectivity index (χ4v) is 2.01. The van der Waals surface area contributed by atoms with Gasteiger partial charge in [-0.2, -0.15) is 0 Å². The maximum absolute atomic E-state index is 11.8. The Morgan fingerprint density at radius 3 is 3.00 bits per heavy atom. The Kier molecular flexibility index (Phi) is 3.71. The van der Waals surface area contributed by atoms with E-state index in [-0.39, 0.29) is 11.9 Å². The standard InChI is InChI=1S/C12H17N3O2/c1-2-15-7-10(11(16)8-15)14-12(17)9-5-3-4-6-13-9/h3-6,10-11,16H,2,7-8H2,1H3,(H,14,17). The summed E-state index contributed by atoms with van der Waals surface area (Å²) in [5.74, 6) is -0.229. The monoisotopic (exact) mass is 235 g/mol. The van der Waals surface area contributed by atoms with E-state index in [2.05, 4.69) is 15.2 Å². The van der Waals surface area contributed by atoms with E-state index in [1.54, 1.807) is 24.4 Å². The lowest BCUT2D eigenvalue weighted by molar-refractivity contribution is 0.0883. The first-order valence-electron chi connectivity index (χ1n) is 5.83. The lowest BCUT2D eigenvalue weighted by atomic mass is 10.2. The molecule has 0 aliphatic carbocycles. The molecule has 1 saturated heterocycles. The number of pyridine rings is 1. The second-order valence-electron chi connectivity index (χ2n) is 4.21. The summed E-state index contributed by atoms with van der Waals surface area (Å²) < 4.78 is 0. The second kappa shape index (κ2) is 5.25. The van der Waals surface area contributed by atoms with Gasteiger partial charge in [0.05, 0.1) is 12.1 Å². The normalized spacial score (nSPS) is 24.8. The average Bonchev–Trinajstić information content (AvgIpc) is 2.71. The predicted molar refractivity (Wildman–Crippen MR) is 63.6 cm³/mol. The topological polar surface area (TPSA) is 65.5 Å². The van der Waals surface area contributed by atoms with Crippen molar-refractivity contribution in [3.8, 4) is 0 Å². The number of aliphatic hydroxyl groups is 1. The average molecular weight is 235 g/mol. The summed E-state index contributed by atoms with van der Waals surface area (Å²) in [4.78, 5) is 17.9. The fraction of sp³-hybridized carbons (Fsp3) is 0.500. The maximum Gasteiger partial charge on any atom is 0.270 e. The van der Waals surface area contributed by atoms with Crippen LogP contribution in [-0.4, -0.2) is 52.7 Å². The van der Waals surface area contributed by atoms with E-state index < -0.39 is 6.10 Å². The van der Waals surface area contributed by atoms with Gasteiger partial charge in [-0.3, -0.25) is 14.7 Å². The molecule has 2 rings (SSSR count). The van der Waals surface area contributed by atoms with E-state index in [0.29, 0.717) is 18.8 Å². The van der Waals surface area contributed by atoms with E-state index in [0.717, 1.165) is 6.54 Å². The van der Waals surface area contributed by atoms with Gasteiger partial charge >= 0.3 is 0 Å². The first kappa shape index (κ1) is 12.0. The molecule has 0 bridgehead atoms. The number of aromatic nitrogens is 1. The number of aliphatic hydroxyl groups excluding tert-OH is 1. The fourth-order valence-electron chi connectivity index (χ4n) is 2.01. The van der Waals surface area contributed by atoms with Crippen LogP contribution in [0.15, 0.2) is 24.4 Å². The number of rotatable bonds is 3. The van der Waals surface area contributed by atoms with Crippen molar-refractivity contribution in [2.45, 2.75) is 19.1 Å². The molecule has 0 saturated carbocycles. The molecule has 5 heteroatoms. The van der Waals surface area contributed by atoms with Crippen LogP contribution in [0.1, 0.15) is 17.4 Å². The van der Waals surface area contributed by atoms with E-state index in [1.807, 2.05) is 6.92 Å². The summed E-state index contributed by atoms with van der Waals surface area (Å²) in [5, 5.41) is 12.6. The number of hydrogen-bond acceptors (Lipinski definition) is 4. The van der Waals surface area contributed by atoms with Crippen LogP contribution in [0.25, 0.3) is 0 Å². The lowest BCUT2D eigenvalue weighted by Gasteiger charge is -2.15. The predicted octanol–water partition coefficient (Wildman–Crippen LogP) is -0.124. The second-order valence-corrected chi connectivity index (χ2v) is 4.21. The van der Waals surface area contributed by atoms with E-state index >= 15 is 0 Å². The molecule has 1 aromatic rings. The first-order chi connectivity index (χ1) is 8.20. The highest BCUT2D eigenvalue weighted by Crippen LogP contribution is 2.10. The third kappa shape index (κ3) is 2.81. The van der Waals surface area contributed by atoms with Gasteiger partial charge in [0.1, 0.15) is 5.69 Å². The molecule has 17 heavy (non-hydrogen) atoms. The molecule has 1 aliphatic heterocycles. The van der Waals surface area contributed by atoms with Crippen molar-refractivity contribution in [1.82, 2.24) is 15.2 Å². The van der Waals surface area contributed by atoms with Crippen LogP contribution in [0.3, 0.4) is 0 Å². The molecule has 1 amide bonds. The van der Waals surface area contributed by atoms with Crippen molar-refractivity contribution in [3.63, 3.8) is 0 Å². The van der Waals surface area contributed by atoms with Crippen LogP contribution in [-0.2, 0) is 0 Å². The zero-order valence-electron chi connectivity index (χ0n) is 9.84. The van der Waals surface area contributed by atoms with Crippen molar-refractivity contribution >= 4 is 5.91 Å². The summed E-state index contributed by atoms with van der Waals surface area (Å²) in [7, 11) is 0. The minimum absolute atomic E-state index is 0.204. The van der Waals surface area contributed by atoms with Crippen LogP contribution in [0.4, 0.5) is 0 Å². The van der Waals surface area contributed by atoms with Crippen LogP contribution < -0.4 is 5.32 Å². The molecule has 0 radical (unpaired) electrons. The third-order valence-electron chi connectivity index (χ3n) is 3.03. The Bertz CT molecular complexity index is 383. The van der Waals surface area contributed by atoms with Crippen molar-refractivity contribution in [2.24, 2.45) is 0 Å². The summed E-state index contributed by atoms with van der Waals surface area (Å²) in [6, 6.07) is 4.99. The Morgan fingerprint density at radius 1 is 1.59 bits per heavy atom. The Morgan fingerprint density at radius 2 is 2.41 bits per heavy atom. The molecular weight excluding hydrogens is 218 g/mol. The summed E-state index contributed by atoms with van der Waals surface area (Å²) in [6.45, 7) is 4.22. The number of amides is 1.